The minimum Gasteiger partial charge on any atom is -0.387 e. The largest absolute Gasteiger partial charge is 0.394 e. The molecule has 0 bridgehead atoms. The van der Waals surface area contributed by atoms with E-state index in [0.717, 1.165) is 11.5 Å². The maximum Gasteiger partial charge on any atom is 0.394 e. The zero-order valence-electron chi connectivity index (χ0n) is 8.62. The molecule has 0 fully saturated rings. The molecule has 0 spiro atoms. The summed E-state index contributed by atoms with van der Waals surface area (Å²) in [4.78, 5) is 4.04. The molecule has 1 aromatic rings. The molecule has 0 aromatic carbocycles. The van der Waals surface area contributed by atoms with Crippen LogP contribution in [0.1, 0.15) is 24.5 Å². The van der Waals surface area contributed by atoms with Crippen LogP contribution in [-0.2, 0) is 17.4 Å². The first-order valence-corrected chi connectivity index (χ1v) is 5.38. The number of rotatable bonds is 1. The van der Waals surface area contributed by atoms with Crippen LogP contribution in [0.25, 0.3) is 0 Å². The van der Waals surface area contributed by atoms with Gasteiger partial charge in [-0.1, -0.05) is 0 Å². The van der Waals surface area contributed by atoms with Crippen LogP contribution in [-0.4, -0.2) is 32.2 Å². The molecule has 0 radical (unpaired) electrons. The van der Waals surface area contributed by atoms with Crippen LogP contribution < -0.4 is 0 Å². The van der Waals surface area contributed by atoms with E-state index in [0.29, 0.717) is 0 Å². The molecule has 0 saturated carbocycles. The number of hydrogen-bond acceptors (Lipinski definition) is 4. The molecule has 0 aliphatic heterocycles. The summed E-state index contributed by atoms with van der Waals surface area (Å²) in [7, 11) is -2.77. The van der Waals surface area contributed by atoms with Crippen LogP contribution in [0.4, 0.5) is 0 Å². The second kappa shape index (κ2) is 5.21. The molecule has 0 aliphatic rings. The van der Waals surface area contributed by atoms with Crippen molar-refractivity contribution in [2.75, 3.05) is 0 Å². The standard InChI is InChI=1S/C7H12N2O.H2O4S/c1-5(10)7-4-8-6(2)9(7)3;1-5(2,3)4/h4-5,10H,1-3H3;(H2,1,2,3,4). The van der Waals surface area contributed by atoms with E-state index in [-0.39, 0.29) is 0 Å². The summed E-state index contributed by atoms with van der Waals surface area (Å²) in [5.74, 6) is 0.927. The second-order valence-electron chi connectivity index (χ2n) is 2.91. The fourth-order valence-electron chi connectivity index (χ4n) is 0.908. The van der Waals surface area contributed by atoms with Gasteiger partial charge in [-0.2, -0.15) is 8.42 Å². The Morgan fingerprint density at radius 2 is 1.87 bits per heavy atom. The molecule has 1 heterocycles. The van der Waals surface area contributed by atoms with E-state index in [1.807, 2.05) is 18.5 Å². The lowest BCUT2D eigenvalue weighted by molar-refractivity contribution is 0.190. The number of aliphatic hydroxyl groups is 1. The normalized spacial score (nSPS) is 12.9. The average molecular weight is 238 g/mol. The fourth-order valence-corrected chi connectivity index (χ4v) is 0.908. The van der Waals surface area contributed by atoms with Gasteiger partial charge in [-0.15, -0.1) is 0 Å². The van der Waals surface area contributed by atoms with Crippen molar-refractivity contribution in [3.05, 3.63) is 17.7 Å². The highest BCUT2D eigenvalue weighted by Gasteiger charge is 2.06. The van der Waals surface area contributed by atoms with Gasteiger partial charge in [-0.05, 0) is 13.8 Å². The van der Waals surface area contributed by atoms with Crippen LogP contribution in [0.3, 0.4) is 0 Å². The molecule has 1 unspecified atom stereocenters. The Kier molecular flexibility index (Phi) is 4.88. The van der Waals surface area contributed by atoms with Gasteiger partial charge in [0.25, 0.3) is 0 Å². The SMILES string of the molecule is Cc1ncc(C(C)O)n1C.O=S(=O)(O)O. The third kappa shape index (κ3) is 6.18. The first-order chi connectivity index (χ1) is 6.63. The highest BCUT2D eigenvalue weighted by molar-refractivity contribution is 7.79. The maximum absolute atomic E-state index is 9.16. The Morgan fingerprint density at radius 1 is 1.47 bits per heavy atom. The molecule has 1 rings (SSSR count). The zero-order valence-corrected chi connectivity index (χ0v) is 9.43. The summed E-state index contributed by atoms with van der Waals surface area (Å²) >= 11 is 0. The summed E-state index contributed by atoms with van der Waals surface area (Å²) < 4.78 is 33.5. The Bertz CT molecular complexity index is 401. The van der Waals surface area contributed by atoms with Gasteiger partial charge in [-0.3, -0.25) is 9.11 Å². The minimum atomic E-state index is -4.67. The van der Waals surface area contributed by atoms with E-state index < -0.39 is 16.5 Å². The first kappa shape index (κ1) is 14.0. The Labute approximate surface area is 88.0 Å². The van der Waals surface area contributed by atoms with Crippen LogP contribution in [0.15, 0.2) is 6.20 Å². The van der Waals surface area contributed by atoms with Gasteiger partial charge in [-0.25, -0.2) is 4.98 Å². The molecule has 7 nitrogen and oxygen atoms in total. The third-order valence-corrected chi connectivity index (χ3v) is 1.68. The third-order valence-electron chi connectivity index (χ3n) is 1.68. The van der Waals surface area contributed by atoms with Crippen molar-refractivity contribution >= 4 is 10.4 Å². The summed E-state index contributed by atoms with van der Waals surface area (Å²) in [6, 6.07) is 0. The lowest BCUT2D eigenvalue weighted by atomic mass is 10.3. The highest BCUT2D eigenvalue weighted by Crippen LogP contribution is 2.11. The van der Waals surface area contributed by atoms with Gasteiger partial charge in [0.05, 0.1) is 18.0 Å². The van der Waals surface area contributed by atoms with Crippen molar-refractivity contribution in [3.63, 3.8) is 0 Å². The van der Waals surface area contributed by atoms with Crippen LogP contribution >= 0.6 is 0 Å². The Morgan fingerprint density at radius 3 is 2.00 bits per heavy atom. The minimum absolute atomic E-state index is 0.425. The zero-order chi connectivity index (χ0) is 12.2. The summed E-state index contributed by atoms with van der Waals surface area (Å²) in [5, 5.41) is 9.16. The monoisotopic (exact) mass is 238 g/mol. The van der Waals surface area contributed by atoms with Crippen molar-refractivity contribution < 1.29 is 22.6 Å². The van der Waals surface area contributed by atoms with E-state index in [1.165, 1.54) is 0 Å². The van der Waals surface area contributed by atoms with Crippen molar-refractivity contribution in [2.24, 2.45) is 7.05 Å². The van der Waals surface area contributed by atoms with Crippen molar-refractivity contribution in [1.82, 2.24) is 9.55 Å². The van der Waals surface area contributed by atoms with Crippen molar-refractivity contribution in [2.45, 2.75) is 20.0 Å². The van der Waals surface area contributed by atoms with E-state index in [4.69, 9.17) is 22.6 Å². The summed E-state index contributed by atoms with van der Waals surface area (Å²) in [5.41, 5.74) is 0.859. The molecule has 88 valence electrons. The smallest absolute Gasteiger partial charge is 0.387 e. The number of hydrogen-bond donors (Lipinski definition) is 3. The summed E-state index contributed by atoms with van der Waals surface area (Å²) in [6.07, 6.45) is 1.27. The van der Waals surface area contributed by atoms with Crippen molar-refractivity contribution in [3.8, 4) is 0 Å². The van der Waals surface area contributed by atoms with Crippen LogP contribution in [0, 0.1) is 6.92 Å². The van der Waals surface area contributed by atoms with E-state index in [2.05, 4.69) is 4.98 Å². The molecular formula is C7H14N2O5S. The Balaban J connectivity index is 0.000000336. The molecular weight excluding hydrogens is 224 g/mol. The molecule has 0 amide bonds. The number of imidazole rings is 1. The van der Waals surface area contributed by atoms with Gasteiger partial charge < -0.3 is 9.67 Å². The molecule has 1 atom stereocenters. The van der Waals surface area contributed by atoms with Gasteiger partial charge in [0.1, 0.15) is 5.82 Å². The molecule has 3 N–H and O–H groups in total. The highest BCUT2D eigenvalue weighted by atomic mass is 32.3. The predicted molar refractivity (Wildman–Crippen MR) is 52.8 cm³/mol. The van der Waals surface area contributed by atoms with Gasteiger partial charge in [0.2, 0.25) is 0 Å². The number of nitrogens with zero attached hydrogens (tertiary/aromatic N) is 2. The molecule has 0 saturated heterocycles. The van der Waals surface area contributed by atoms with Crippen LogP contribution in [0.2, 0.25) is 0 Å². The van der Waals surface area contributed by atoms with E-state index in [9.17, 15) is 0 Å². The molecule has 8 heteroatoms. The van der Waals surface area contributed by atoms with Gasteiger partial charge in [0, 0.05) is 7.05 Å². The lowest BCUT2D eigenvalue weighted by Crippen LogP contribution is -2.01. The van der Waals surface area contributed by atoms with Gasteiger partial charge in [0.15, 0.2) is 0 Å². The quantitative estimate of drug-likeness (QED) is 0.599. The molecule has 0 aliphatic carbocycles. The average Bonchev–Trinajstić information content (AvgIpc) is 2.29. The number of aliphatic hydroxyl groups excluding tert-OH is 1. The molecule has 1 aromatic heterocycles. The Hall–Kier alpha value is -0.960. The van der Waals surface area contributed by atoms with Crippen molar-refractivity contribution in [1.29, 1.82) is 0 Å². The van der Waals surface area contributed by atoms with E-state index in [1.54, 1.807) is 13.1 Å². The maximum atomic E-state index is 9.16. The van der Waals surface area contributed by atoms with Crippen LogP contribution in [0.5, 0.6) is 0 Å². The predicted octanol–water partition coefficient (Wildman–Crippen LogP) is 0.129. The lowest BCUT2D eigenvalue weighted by Gasteiger charge is -2.04. The first-order valence-electron chi connectivity index (χ1n) is 3.99. The summed E-state index contributed by atoms with van der Waals surface area (Å²) in [6.45, 7) is 3.64. The number of aromatic nitrogens is 2. The van der Waals surface area contributed by atoms with Gasteiger partial charge >= 0.3 is 10.4 Å². The number of aryl methyl sites for hydroxylation is 1. The van der Waals surface area contributed by atoms with E-state index >= 15 is 0 Å². The second-order valence-corrected chi connectivity index (χ2v) is 3.81. The fraction of sp³-hybridized carbons (Fsp3) is 0.571. The topological polar surface area (TPSA) is 113 Å². The molecule has 15 heavy (non-hydrogen) atoms.